The molecule has 0 amide bonds. The molecule has 0 aliphatic heterocycles. The van der Waals surface area contributed by atoms with Crippen molar-refractivity contribution >= 4 is 11.5 Å². The highest BCUT2D eigenvalue weighted by molar-refractivity contribution is 5.66. The Morgan fingerprint density at radius 3 is 2.94 bits per heavy atom. The Hall–Kier alpha value is -2.31. The van der Waals surface area contributed by atoms with Gasteiger partial charge in [0.2, 0.25) is 5.88 Å². The van der Waals surface area contributed by atoms with E-state index in [9.17, 15) is 0 Å². The Morgan fingerprint density at radius 2 is 2.28 bits per heavy atom. The molecule has 0 fully saturated rings. The van der Waals surface area contributed by atoms with Crippen molar-refractivity contribution in [3.8, 4) is 5.88 Å². The minimum Gasteiger partial charge on any atom is -0.476 e. The highest BCUT2D eigenvalue weighted by atomic mass is 16.5. The second-order valence-electron chi connectivity index (χ2n) is 3.66. The zero-order valence-corrected chi connectivity index (χ0v) is 10.3. The van der Waals surface area contributed by atoms with Gasteiger partial charge < -0.3 is 20.3 Å². The Bertz CT molecular complexity index is 526. The van der Waals surface area contributed by atoms with Gasteiger partial charge in [0.1, 0.15) is 23.5 Å². The summed E-state index contributed by atoms with van der Waals surface area (Å²) in [5.74, 6) is 1.66. The minimum atomic E-state index is 0.381. The van der Waals surface area contributed by atoms with Crippen LogP contribution in [0.25, 0.3) is 0 Å². The Morgan fingerprint density at radius 1 is 1.44 bits per heavy atom. The van der Waals surface area contributed by atoms with Gasteiger partial charge in [-0.2, -0.15) is 4.98 Å². The van der Waals surface area contributed by atoms with Gasteiger partial charge in [-0.05, 0) is 13.8 Å². The summed E-state index contributed by atoms with van der Waals surface area (Å²) >= 11 is 0. The number of nitrogens with two attached hydrogens (primary N) is 1. The number of ether oxygens (including phenoxy) is 1. The molecule has 0 spiro atoms. The highest BCUT2D eigenvalue weighted by Gasteiger charge is 2.09. The zero-order valence-electron chi connectivity index (χ0n) is 10.3. The normalized spacial score (nSPS) is 10.3. The third-order valence-electron chi connectivity index (χ3n) is 2.24. The summed E-state index contributed by atoms with van der Waals surface area (Å²) in [7, 11) is 0. The van der Waals surface area contributed by atoms with Gasteiger partial charge in [0.25, 0.3) is 0 Å². The van der Waals surface area contributed by atoms with E-state index in [2.05, 4.69) is 20.4 Å². The van der Waals surface area contributed by atoms with Crippen molar-refractivity contribution in [2.75, 3.05) is 17.7 Å². The molecule has 96 valence electrons. The number of aryl methyl sites for hydroxylation is 1. The van der Waals surface area contributed by atoms with Gasteiger partial charge in [0.05, 0.1) is 13.2 Å². The number of nitrogens with one attached hydrogen (secondary N) is 1. The lowest BCUT2D eigenvalue weighted by atomic mass is 10.3. The van der Waals surface area contributed by atoms with Gasteiger partial charge in [0.15, 0.2) is 5.82 Å². The number of nitrogens with zero attached hydrogens (tertiary/aromatic N) is 3. The minimum absolute atomic E-state index is 0.381. The fraction of sp³-hybridized carbons (Fsp3) is 0.364. The number of nitrogen functional groups attached to an aromatic ring is 1. The molecule has 0 saturated heterocycles. The first-order valence-corrected chi connectivity index (χ1v) is 5.60. The Kier molecular flexibility index (Phi) is 3.61. The summed E-state index contributed by atoms with van der Waals surface area (Å²) in [6.45, 7) is 4.68. The van der Waals surface area contributed by atoms with Gasteiger partial charge in [-0.25, -0.2) is 4.98 Å². The molecular formula is C11H15N5O2. The third-order valence-corrected chi connectivity index (χ3v) is 2.24. The summed E-state index contributed by atoms with van der Waals surface area (Å²) in [6, 6.07) is 1.84. The molecule has 0 saturated carbocycles. The standard InChI is InChI=1S/C11H15N5O2/c1-3-17-11-9(12)10(14-6-15-11)13-5-8-4-7(2)18-16-8/h4,6H,3,5,12H2,1-2H3,(H,13,14,15). The van der Waals surface area contributed by atoms with Crippen LogP contribution in [0.5, 0.6) is 5.88 Å². The van der Waals surface area contributed by atoms with Crippen molar-refractivity contribution in [3.63, 3.8) is 0 Å². The smallest absolute Gasteiger partial charge is 0.242 e. The van der Waals surface area contributed by atoms with Crippen molar-refractivity contribution < 1.29 is 9.26 Å². The molecular weight excluding hydrogens is 234 g/mol. The lowest BCUT2D eigenvalue weighted by molar-refractivity contribution is 0.328. The van der Waals surface area contributed by atoms with Crippen LogP contribution in [-0.2, 0) is 6.54 Å². The van der Waals surface area contributed by atoms with Crippen LogP contribution < -0.4 is 15.8 Å². The van der Waals surface area contributed by atoms with Gasteiger partial charge in [-0.15, -0.1) is 0 Å². The molecule has 3 N–H and O–H groups in total. The number of anilines is 2. The van der Waals surface area contributed by atoms with Crippen LogP contribution in [0.3, 0.4) is 0 Å². The van der Waals surface area contributed by atoms with Crippen molar-refractivity contribution in [2.45, 2.75) is 20.4 Å². The lowest BCUT2D eigenvalue weighted by Gasteiger charge is -2.09. The molecule has 0 aliphatic rings. The predicted molar refractivity (Wildman–Crippen MR) is 66.2 cm³/mol. The van der Waals surface area contributed by atoms with Crippen LogP contribution in [0.15, 0.2) is 16.9 Å². The first kappa shape index (κ1) is 12.2. The van der Waals surface area contributed by atoms with Crippen molar-refractivity contribution in [1.82, 2.24) is 15.1 Å². The molecule has 0 aromatic carbocycles. The van der Waals surface area contributed by atoms with Gasteiger partial charge in [-0.1, -0.05) is 5.16 Å². The Balaban J connectivity index is 2.07. The van der Waals surface area contributed by atoms with Crippen LogP contribution >= 0.6 is 0 Å². The molecule has 2 heterocycles. The topological polar surface area (TPSA) is 99.1 Å². The molecule has 0 unspecified atom stereocenters. The predicted octanol–water partition coefficient (Wildman–Crippen LogP) is 1.37. The number of rotatable bonds is 5. The summed E-state index contributed by atoms with van der Waals surface area (Å²) in [5.41, 5.74) is 7.05. The lowest BCUT2D eigenvalue weighted by Crippen LogP contribution is -2.08. The number of aromatic nitrogens is 3. The monoisotopic (exact) mass is 249 g/mol. The molecule has 2 aromatic heterocycles. The quantitative estimate of drug-likeness (QED) is 0.825. The molecule has 7 heteroatoms. The van der Waals surface area contributed by atoms with Gasteiger partial charge in [-0.3, -0.25) is 0 Å². The van der Waals surface area contributed by atoms with Crippen LogP contribution in [0.2, 0.25) is 0 Å². The molecule has 2 aromatic rings. The SMILES string of the molecule is CCOc1ncnc(NCc2cc(C)on2)c1N. The largest absolute Gasteiger partial charge is 0.476 e. The van der Waals surface area contributed by atoms with Crippen LogP contribution in [0, 0.1) is 6.92 Å². The maximum Gasteiger partial charge on any atom is 0.242 e. The maximum absolute atomic E-state index is 5.88. The van der Waals surface area contributed by atoms with E-state index in [-0.39, 0.29) is 0 Å². The molecule has 0 atom stereocenters. The van der Waals surface area contributed by atoms with Crippen LogP contribution in [0.4, 0.5) is 11.5 Å². The first-order chi connectivity index (χ1) is 8.70. The highest BCUT2D eigenvalue weighted by Crippen LogP contribution is 2.24. The zero-order chi connectivity index (χ0) is 13.0. The summed E-state index contributed by atoms with van der Waals surface area (Å²) in [4.78, 5) is 8.01. The van der Waals surface area contributed by atoms with Gasteiger partial charge >= 0.3 is 0 Å². The number of hydrogen-bond acceptors (Lipinski definition) is 7. The molecule has 18 heavy (non-hydrogen) atoms. The van der Waals surface area contributed by atoms with E-state index in [1.807, 2.05) is 19.9 Å². The van der Waals surface area contributed by atoms with Crippen LogP contribution in [-0.4, -0.2) is 21.7 Å². The number of hydrogen-bond donors (Lipinski definition) is 2. The van der Waals surface area contributed by atoms with E-state index in [4.69, 9.17) is 15.0 Å². The van der Waals surface area contributed by atoms with E-state index in [0.717, 1.165) is 11.5 Å². The first-order valence-electron chi connectivity index (χ1n) is 5.60. The van der Waals surface area contributed by atoms with Crippen molar-refractivity contribution in [2.24, 2.45) is 0 Å². The summed E-state index contributed by atoms with van der Waals surface area (Å²) in [6.07, 6.45) is 1.40. The third kappa shape index (κ3) is 2.68. The second-order valence-corrected chi connectivity index (χ2v) is 3.66. The summed E-state index contributed by atoms with van der Waals surface area (Å²) in [5, 5.41) is 6.93. The van der Waals surface area contributed by atoms with E-state index < -0.39 is 0 Å². The van der Waals surface area contributed by atoms with Crippen LogP contribution in [0.1, 0.15) is 18.4 Å². The molecule has 0 bridgehead atoms. The van der Waals surface area contributed by atoms with Crippen molar-refractivity contribution in [1.29, 1.82) is 0 Å². The van der Waals surface area contributed by atoms with E-state index >= 15 is 0 Å². The fourth-order valence-corrected chi connectivity index (χ4v) is 1.45. The van der Waals surface area contributed by atoms with E-state index in [0.29, 0.717) is 30.5 Å². The fourth-order valence-electron chi connectivity index (χ4n) is 1.45. The van der Waals surface area contributed by atoms with Crippen molar-refractivity contribution in [3.05, 3.63) is 23.8 Å². The second kappa shape index (κ2) is 5.35. The molecule has 2 rings (SSSR count). The molecule has 0 radical (unpaired) electrons. The molecule has 0 aliphatic carbocycles. The average molecular weight is 249 g/mol. The van der Waals surface area contributed by atoms with Gasteiger partial charge in [0, 0.05) is 6.07 Å². The average Bonchev–Trinajstić information content (AvgIpc) is 2.77. The van der Waals surface area contributed by atoms with E-state index in [1.54, 1.807) is 0 Å². The summed E-state index contributed by atoms with van der Waals surface area (Å²) < 4.78 is 10.2. The maximum atomic E-state index is 5.88. The van der Waals surface area contributed by atoms with E-state index in [1.165, 1.54) is 6.33 Å². The Labute approximate surface area is 104 Å². The molecule has 7 nitrogen and oxygen atoms in total.